The molecule has 130 valence electrons. The number of hydrogen-bond acceptors (Lipinski definition) is 3. The van der Waals surface area contributed by atoms with E-state index in [2.05, 4.69) is 0 Å². The van der Waals surface area contributed by atoms with Gasteiger partial charge in [-0.3, -0.25) is 9.59 Å². The Hall–Kier alpha value is -1.19. The van der Waals surface area contributed by atoms with Gasteiger partial charge in [-0.15, -0.1) is 0 Å². The first-order valence-electron chi connectivity index (χ1n) is 8.14. The van der Waals surface area contributed by atoms with E-state index in [9.17, 15) is 14.4 Å². The summed E-state index contributed by atoms with van der Waals surface area (Å²) in [7, 11) is 1.81. The third-order valence-corrected chi connectivity index (χ3v) is 4.20. The van der Waals surface area contributed by atoms with Gasteiger partial charge in [0.1, 0.15) is 12.1 Å². The monoisotopic (exact) mass is 313 g/mol. The van der Waals surface area contributed by atoms with Crippen molar-refractivity contribution in [2.24, 2.45) is 17.8 Å². The minimum Gasteiger partial charge on any atom is -0.345 e. The molecule has 0 saturated heterocycles. The smallest absolute Gasteiger partial charge is 0.225 e. The van der Waals surface area contributed by atoms with Gasteiger partial charge in [0.05, 0.1) is 0 Å². The molecular formula is C18H35NO3. The zero-order valence-electron chi connectivity index (χ0n) is 14.2. The number of Topliss-reactive ketones (excluding diaryl/α,β-unsaturated/α-hetero) is 1. The fraction of sp³-hybridized carbons (Fsp3) is 0.833. The van der Waals surface area contributed by atoms with Crippen LogP contribution in [-0.4, -0.2) is 36.5 Å². The maximum atomic E-state index is 12.0. The number of carbonyl (C=O) groups excluding carboxylic acids is 3. The second kappa shape index (κ2) is 12.4. The molecule has 1 saturated carbocycles. The van der Waals surface area contributed by atoms with Gasteiger partial charge in [-0.25, -0.2) is 0 Å². The van der Waals surface area contributed by atoms with Crippen LogP contribution >= 0.6 is 0 Å². The van der Waals surface area contributed by atoms with Crippen LogP contribution in [-0.2, 0) is 14.4 Å². The summed E-state index contributed by atoms with van der Waals surface area (Å²) in [4.78, 5) is 35.5. The van der Waals surface area contributed by atoms with E-state index in [4.69, 9.17) is 0 Å². The minimum absolute atomic E-state index is 0. The first kappa shape index (κ1) is 23.1. The van der Waals surface area contributed by atoms with Gasteiger partial charge >= 0.3 is 0 Å². The molecule has 0 spiro atoms. The second-order valence-corrected chi connectivity index (χ2v) is 5.85. The van der Waals surface area contributed by atoms with E-state index in [1.54, 1.807) is 25.8 Å². The summed E-state index contributed by atoms with van der Waals surface area (Å²) >= 11 is 0. The predicted molar refractivity (Wildman–Crippen MR) is 91.7 cm³/mol. The van der Waals surface area contributed by atoms with Crippen LogP contribution in [0, 0.1) is 17.8 Å². The van der Waals surface area contributed by atoms with Crippen LogP contribution in [0.25, 0.3) is 0 Å². The van der Waals surface area contributed by atoms with Crippen molar-refractivity contribution in [1.29, 1.82) is 0 Å². The van der Waals surface area contributed by atoms with Crippen LogP contribution in [0.4, 0.5) is 0 Å². The summed E-state index contributed by atoms with van der Waals surface area (Å²) in [6.07, 6.45) is 5.03. The van der Waals surface area contributed by atoms with Crippen LogP contribution in [0.2, 0.25) is 0 Å². The van der Waals surface area contributed by atoms with Crippen molar-refractivity contribution < 1.29 is 14.4 Å². The van der Waals surface area contributed by atoms with Crippen molar-refractivity contribution >= 4 is 18.0 Å². The molecule has 4 heteroatoms. The summed E-state index contributed by atoms with van der Waals surface area (Å²) in [6.45, 7) is 8.20. The summed E-state index contributed by atoms with van der Waals surface area (Å²) < 4.78 is 0. The van der Waals surface area contributed by atoms with Gasteiger partial charge in [0.15, 0.2) is 0 Å². The molecule has 22 heavy (non-hydrogen) atoms. The van der Waals surface area contributed by atoms with E-state index in [1.807, 2.05) is 13.8 Å². The summed E-state index contributed by atoms with van der Waals surface area (Å²) in [6, 6.07) is 0. The number of ketones is 1. The van der Waals surface area contributed by atoms with Crippen molar-refractivity contribution in [3.63, 3.8) is 0 Å². The van der Waals surface area contributed by atoms with E-state index in [1.165, 1.54) is 0 Å². The van der Waals surface area contributed by atoms with Crippen molar-refractivity contribution in [3.8, 4) is 0 Å². The molecule has 0 bridgehead atoms. The van der Waals surface area contributed by atoms with E-state index in [-0.39, 0.29) is 25.2 Å². The lowest BCUT2D eigenvalue weighted by molar-refractivity contribution is -0.135. The first-order chi connectivity index (χ1) is 9.95. The molecule has 0 aliphatic heterocycles. The topological polar surface area (TPSA) is 54.5 Å². The van der Waals surface area contributed by atoms with Crippen LogP contribution in [0.15, 0.2) is 0 Å². The predicted octanol–water partition coefficient (Wildman–Crippen LogP) is 3.73. The van der Waals surface area contributed by atoms with Gasteiger partial charge < -0.3 is 9.69 Å². The molecular weight excluding hydrogens is 278 g/mol. The molecule has 0 N–H and O–H groups in total. The highest BCUT2D eigenvalue weighted by molar-refractivity contribution is 5.80. The lowest BCUT2D eigenvalue weighted by Gasteiger charge is -2.31. The van der Waals surface area contributed by atoms with E-state index < -0.39 is 0 Å². The molecule has 1 fully saturated rings. The van der Waals surface area contributed by atoms with Gasteiger partial charge in [-0.2, -0.15) is 0 Å². The zero-order valence-corrected chi connectivity index (χ0v) is 14.2. The molecule has 1 aliphatic carbocycles. The molecule has 0 radical (unpaired) electrons. The van der Waals surface area contributed by atoms with Gasteiger partial charge in [-0.05, 0) is 38.5 Å². The molecule has 0 aromatic carbocycles. The molecule has 1 rings (SSSR count). The Morgan fingerprint density at radius 3 is 2.09 bits per heavy atom. The minimum atomic E-state index is -0.226. The van der Waals surface area contributed by atoms with Gasteiger partial charge in [0.2, 0.25) is 5.91 Å². The Kier molecular flexibility index (Phi) is 13.0. The van der Waals surface area contributed by atoms with Gasteiger partial charge in [0.25, 0.3) is 0 Å². The van der Waals surface area contributed by atoms with Gasteiger partial charge in [0, 0.05) is 31.8 Å². The largest absolute Gasteiger partial charge is 0.345 e. The van der Waals surface area contributed by atoms with Crippen LogP contribution < -0.4 is 0 Å². The fourth-order valence-corrected chi connectivity index (χ4v) is 2.85. The SMILES string of the molecule is C.CC.CC(=O)C1CCC(CN(C)C(=O)C(C)CC=O)CC1. The van der Waals surface area contributed by atoms with Crippen molar-refractivity contribution in [2.45, 2.75) is 67.2 Å². The number of hydrogen-bond donors (Lipinski definition) is 0. The van der Waals surface area contributed by atoms with E-state index in [0.29, 0.717) is 18.1 Å². The summed E-state index contributed by atoms with van der Waals surface area (Å²) in [5.74, 6) is 0.832. The number of nitrogens with zero attached hydrogens (tertiary/aromatic N) is 1. The van der Waals surface area contributed by atoms with E-state index in [0.717, 1.165) is 38.5 Å². The van der Waals surface area contributed by atoms with Crippen molar-refractivity contribution in [3.05, 3.63) is 0 Å². The maximum absolute atomic E-state index is 12.0. The lowest BCUT2D eigenvalue weighted by Crippen LogP contribution is -2.37. The molecule has 1 amide bonds. The average Bonchev–Trinajstić information content (AvgIpc) is 2.49. The second-order valence-electron chi connectivity index (χ2n) is 5.85. The van der Waals surface area contributed by atoms with Crippen LogP contribution in [0.1, 0.15) is 67.2 Å². The third kappa shape index (κ3) is 7.71. The number of carbonyl (C=O) groups is 3. The number of amides is 1. The Labute approximate surface area is 136 Å². The highest BCUT2D eigenvalue weighted by atomic mass is 16.2. The normalized spacial score (nSPS) is 21.5. The Bertz CT molecular complexity index is 333. The van der Waals surface area contributed by atoms with Crippen molar-refractivity contribution in [1.82, 2.24) is 4.90 Å². The Balaban J connectivity index is 0. The molecule has 1 atom stereocenters. The molecule has 4 nitrogen and oxygen atoms in total. The number of aldehydes is 1. The standard InChI is InChI=1S/C15H25NO3.C2H6.CH4/c1-11(8-9-17)15(19)16(3)10-13-4-6-14(7-5-13)12(2)18;1-2;/h9,11,13-14H,4-8,10H2,1-3H3;1-2H3;1H4. The first-order valence-corrected chi connectivity index (χ1v) is 8.14. The average molecular weight is 313 g/mol. The maximum Gasteiger partial charge on any atom is 0.225 e. The Morgan fingerprint density at radius 1 is 1.18 bits per heavy atom. The molecule has 1 aliphatic rings. The zero-order chi connectivity index (χ0) is 16.4. The number of rotatable bonds is 6. The van der Waals surface area contributed by atoms with Crippen LogP contribution in [0.3, 0.4) is 0 Å². The highest BCUT2D eigenvalue weighted by Crippen LogP contribution is 2.29. The summed E-state index contributed by atoms with van der Waals surface area (Å²) in [5.41, 5.74) is 0. The molecule has 0 aromatic heterocycles. The Morgan fingerprint density at radius 2 is 1.68 bits per heavy atom. The lowest BCUT2D eigenvalue weighted by atomic mass is 9.80. The fourth-order valence-electron chi connectivity index (χ4n) is 2.85. The molecule has 0 heterocycles. The highest BCUT2D eigenvalue weighted by Gasteiger charge is 2.26. The van der Waals surface area contributed by atoms with E-state index >= 15 is 0 Å². The molecule has 1 unspecified atom stereocenters. The third-order valence-electron chi connectivity index (χ3n) is 4.20. The quantitative estimate of drug-likeness (QED) is 0.702. The van der Waals surface area contributed by atoms with Gasteiger partial charge in [-0.1, -0.05) is 28.2 Å². The summed E-state index contributed by atoms with van der Waals surface area (Å²) in [5, 5.41) is 0. The molecule has 0 aromatic rings. The van der Waals surface area contributed by atoms with Crippen LogP contribution in [0.5, 0.6) is 0 Å². The van der Waals surface area contributed by atoms with Crippen molar-refractivity contribution in [2.75, 3.05) is 13.6 Å².